The molecule has 0 bridgehead atoms. The topological polar surface area (TPSA) is 116 Å². The summed E-state index contributed by atoms with van der Waals surface area (Å²) in [4.78, 5) is 38.8. The van der Waals surface area contributed by atoms with Crippen molar-refractivity contribution >= 4 is 17.8 Å². The third-order valence-electron chi connectivity index (χ3n) is 16.0. The maximum Gasteiger partial charge on any atom is 0.338 e. The molecule has 4 saturated carbocycles. The SMILES string of the molecule is CCCC1(C(=O)NCc2cccc(C(=O)NCc3ccc(F)c(C(=O)O)c3)c2)CC[C@]2(C)C(CCC3C4(C)CCC(O)C(C)(C)C4CCC32C)C1C. The molecule has 9 atom stereocenters. The molecule has 0 saturated heterocycles. The van der Waals surface area contributed by atoms with Crippen LogP contribution in [0.1, 0.15) is 145 Å². The summed E-state index contributed by atoms with van der Waals surface area (Å²) in [5.41, 5.74) is 1.35. The number of aromatic carboxylic acids is 1. The maximum absolute atomic E-state index is 14.5. The second-order valence-corrected chi connectivity index (χ2v) is 18.4. The molecule has 4 aliphatic rings. The van der Waals surface area contributed by atoms with Crippen LogP contribution in [0.3, 0.4) is 0 Å². The zero-order valence-electron chi connectivity index (χ0n) is 32.4. The third-order valence-corrected chi connectivity index (χ3v) is 16.0. The third kappa shape index (κ3) is 6.09. The van der Waals surface area contributed by atoms with Gasteiger partial charge < -0.3 is 20.8 Å². The van der Waals surface area contributed by atoms with Crippen LogP contribution in [0.25, 0.3) is 0 Å². The lowest BCUT2D eigenvalue weighted by molar-refractivity contribution is -0.246. The molecular formula is C44H61FN2O5. The highest BCUT2D eigenvalue weighted by molar-refractivity contribution is 5.94. The van der Waals surface area contributed by atoms with Crippen molar-refractivity contribution in [3.8, 4) is 0 Å². The summed E-state index contributed by atoms with van der Waals surface area (Å²) in [6, 6.07) is 11.0. The smallest absolute Gasteiger partial charge is 0.338 e. The Balaban J connectivity index is 1.15. The molecule has 4 aliphatic carbocycles. The van der Waals surface area contributed by atoms with Gasteiger partial charge in [0, 0.05) is 18.7 Å². The van der Waals surface area contributed by atoms with E-state index in [9.17, 15) is 29.0 Å². The number of carbonyl (C=O) groups is 3. The van der Waals surface area contributed by atoms with Gasteiger partial charge in [0.1, 0.15) is 5.82 Å². The van der Waals surface area contributed by atoms with Gasteiger partial charge in [-0.2, -0.15) is 0 Å². The van der Waals surface area contributed by atoms with E-state index in [0.717, 1.165) is 56.6 Å². The molecule has 0 spiro atoms. The van der Waals surface area contributed by atoms with Crippen molar-refractivity contribution in [1.82, 2.24) is 10.6 Å². The van der Waals surface area contributed by atoms with Gasteiger partial charge in [-0.15, -0.1) is 0 Å². The van der Waals surface area contributed by atoms with Crippen molar-refractivity contribution in [3.05, 3.63) is 70.5 Å². The van der Waals surface area contributed by atoms with E-state index in [1.54, 1.807) is 18.2 Å². The molecular weight excluding hydrogens is 655 g/mol. The van der Waals surface area contributed by atoms with Crippen molar-refractivity contribution in [2.24, 2.45) is 50.7 Å². The van der Waals surface area contributed by atoms with Crippen molar-refractivity contribution in [3.63, 3.8) is 0 Å². The van der Waals surface area contributed by atoms with E-state index < -0.39 is 22.8 Å². The molecule has 2 amide bonds. The fourth-order valence-electron chi connectivity index (χ4n) is 12.9. The summed E-state index contributed by atoms with van der Waals surface area (Å²) in [5.74, 6) is -0.549. The minimum Gasteiger partial charge on any atom is -0.478 e. The highest BCUT2D eigenvalue weighted by Crippen LogP contribution is 2.75. The number of benzene rings is 2. The standard InChI is InChI=1S/C44H61FN2O5/c1-8-18-44(39(52)47-26-28-10-9-11-30(23-28)37(49)46-25-29-12-14-33(45)31(24-29)38(50)51)22-21-42(6)32(27(44)2)13-15-35-41(5)19-17-36(48)40(3,4)34(41)16-20-43(35,42)7/h9-12,14,23-24,27,32,34-36,48H,8,13,15-22,25-26H2,1-7H3,(H,46,49)(H,47,52)(H,50,51)/t27?,32?,34?,35?,36?,41?,42-,43?,44?/m1/s1. The molecule has 8 unspecified atom stereocenters. The van der Waals surface area contributed by atoms with E-state index in [1.807, 2.05) is 6.07 Å². The first-order valence-corrected chi connectivity index (χ1v) is 19.8. The van der Waals surface area contributed by atoms with E-state index >= 15 is 0 Å². The lowest BCUT2D eigenvalue weighted by atomic mass is 9.32. The molecule has 0 aliphatic heterocycles. The number of aliphatic hydroxyl groups excluding tert-OH is 1. The number of hydrogen-bond donors (Lipinski definition) is 4. The number of fused-ring (bicyclic) bond motifs is 5. The number of rotatable bonds is 9. The van der Waals surface area contributed by atoms with Crippen LogP contribution in [-0.2, 0) is 17.9 Å². The van der Waals surface area contributed by atoms with Crippen LogP contribution in [0.5, 0.6) is 0 Å². The Labute approximate surface area is 309 Å². The summed E-state index contributed by atoms with van der Waals surface area (Å²) >= 11 is 0. The lowest BCUT2D eigenvalue weighted by Crippen LogP contribution is -2.67. The van der Waals surface area contributed by atoms with Gasteiger partial charge in [0.25, 0.3) is 5.91 Å². The Kier molecular flexibility index (Phi) is 10.3. The molecule has 2 aromatic carbocycles. The number of amides is 2. The summed E-state index contributed by atoms with van der Waals surface area (Å²) in [7, 11) is 0. The highest BCUT2D eigenvalue weighted by atomic mass is 19.1. The van der Waals surface area contributed by atoms with Crippen LogP contribution in [0.2, 0.25) is 0 Å². The maximum atomic E-state index is 14.5. The Bertz CT molecular complexity index is 1710. The van der Waals surface area contributed by atoms with Gasteiger partial charge in [-0.25, -0.2) is 9.18 Å². The number of carboxylic acids is 1. The number of nitrogens with one attached hydrogen (secondary N) is 2. The van der Waals surface area contributed by atoms with Crippen LogP contribution in [-0.4, -0.2) is 34.1 Å². The van der Waals surface area contributed by atoms with E-state index in [4.69, 9.17) is 0 Å². The Hall–Kier alpha value is -3.26. The summed E-state index contributed by atoms with van der Waals surface area (Å²) < 4.78 is 13.8. The molecule has 0 aromatic heterocycles. The molecule has 2 aromatic rings. The Morgan fingerprint density at radius 3 is 2.25 bits per heavy atom. The Morgan fingerprint density at radius 2 is 1.54 bits per heavy atom. The minimum atomic E-state index is -1.36. The normalized spacial score (nSPS) is 36.4. The van der Waals surface area contributed by atoms with Crippen LogP contribution in [0.15, 0.2) is 42.5 Å². The van der Waals surface area contributed by atoms with Crippen molar-refractivity contribution in [1.29, 1.82) is 0 Å². The van der Waals surface area contributed by atoms with Gasteiger partial charge >= 0.3 is 5.97 Å². The zero-order valence-corrected chi connectivity index (χ0v) is 32.4. The fraction of sp³-hybridized carbons (Fsp3) is 0.659. The fourth-order valence-corrected chi connectivity index (χ4v) is 12.9. The molecule has 284 valence electrons. The van der Waals surface area contributed by atoms with Gasteiger partial charge in [-0.05, 0) is 139 Å². The minimum absolute atomic E-state index is 0.0542. The van der Waals surface area contributed by atoms with Gasteiger partial charge in [-0.3, -0.25) is 9.59 Å². The van der Waals surface area contributed by atoms with Crippen molar-refractivity contribution < 1.29 is 29.0 Å². The number of aliphatic hydroxyl groups is 1. The van der Waals surface area contributed by atoms with Gasteiger partial charge in [0.05, 0.1) is 17.1 Å². The average Bonchev–Trinajstić information content (AvgIpc) is 3.10. The van der Waals surface area contributed by atoms with E-state index in [2.05, 4.69) is 59.1 Å². The summed E-state index contributed by atoms with van der Waals surface area (Å²) in [5, 5.41) is 26.4. The first kappa shape index (κ1) is 38.5. The van der Waals surface area contributed by atoms with Crippen LogP contribution >= 0.6 is 0 Å². The van der Waals surface area contributed by atoms with Crippen molar-refractivity contribution in [2.75, 3.05) is 0 Å². The zero-order chi connectivity index (χ0) is 37.9. The summed E-state index contributed by atoms with van der Waals surface area (Å²) in [6.45, 7) is 17.2. The molecule has 0 heterocycles. The molecule has 6 rings (SSSR count). The second-order valence-electron chi connectivity index (χ2n) is 18.4. The largest absolute Gasteiger partial charge is 0.478 e. The van der Waals surface area contributed by atoms with Crippen LogP contribution < -0.4 is 10.6 Å². The van der Waals surface area contributed by atoms with Crippen LogP contribution in [0.4, 0.5) is 4.39 Å². The molecule has 7 nitrogen and oxygen atoms in total. The Morgan fingerprint density at radius 1 is 0.827 bits per heavy atom. The first-order chi connectivity index (χ1) is 24.4. The predicted molar refractivity (Wildman–Crippen MR) is 201 cm³/mol. The molecule has 4 N–H and O–H groups in total. The number of hydrogen-bond acceptors (Lipinski definition) is 4. The molecule has 0 radical (unpaired) electrons. The second kappa shape index (κ2) is 13.9. The molecule has 4 fully saturated rings. The predicted octanol–water partition coefficient (Wildman–Crippen LogP) is 8.92. The number of carbonyl (C=O) groups excluding carboxylic acids is 2. The average molecular weight is 717 g/mol. The van der Waals surface area contributed by atoms with E-state index in [1.165, 1.54) is 31.4 Å². The highest BCUT2D eigenvalue weighted by Gasteiger charge is 2.69. The van der Waals surface area contributed by atoms with Crippen LogP contribution in [0, 0.1) is 56.6 Å². The summed E-state index contributed by atoms with van der Waals surface area (Å²) in [6.07, 6.45) is 10.2. The monoisotopic (exact) mass is 716 g/mol. The quantitative estimate of drug-likeness (QED) is 0.207. The van der Waals surface area contributed by atoms with Gasteiger partial charge in [0.15, 0.2) is 0 Å². The first-order valence-electron chi connectivity index (χ1n) is 19.8. The van der Waals surface area contributed by atoms with Gasteiger partial charge in [-0.1, -0.05) is 73.1 Å². The van der Waals surface area contributed by atoms with Crippen molar-refractivity contribution in [2.45, 2.75) is 132 Å². The number of halogens is 1. The number of carboxylic acid groups (broad SMARTS) is 1. The van der Waals surface area contributed by atoms with Gasteiger partial charge in [0.2, 0.25) is 5.91 Å². The van der Waals surface area contributed by atoms with E-state index in [0.29, 0.717) is 35.4 Å². The molecule has 8 heteroatoms. The molecule has 52 heavy (non-hydrogen) atoms. The van der Waals surface area contributed by atoms with E-state index in [-0.39, 0.29) is 52.0 Å². The lowest BCUT2D eigenvalue weighted by Gasteiger charge is -2.72.